The zero-order valence-electron chi connectivity index (χ0n) is 11.6. The normalized spacial score (nSPS) is 10.5. The van der Waals surface area contributed by atoms with Gasteiger partial charge in [-0.2, -0.15) is 0 Å². The third kappa shape index (κ3) is 5.85. The number of thiophene rings is 1. The van der Waals surface area contributed by atoms with Crippen LogP contribution in [0.1, 0.15) is 25.6 Å². The fraction of sp³-hybridized carbons (Fsp3) is 0.538. The molecule has 0 spiro atoms. The lowest BCUT2D eigenvalue weighted by molar-refractivity contribution is -0.124. The van der Waals surface area contributed by atoms with E-state index in [4.69, 9.17) is 0 Å². The highest BCUT2D eigenvalue weighted by Crippen LogP contribution is 2.21. The van der Waals surface area contributed by atoms with Crippen LogP contribution in [0.15, 0.2) is 11.4 Å². The summed E-state index contributed by atoms with van der Waals surface area (Å²) in [4.78, 5) is 23.4. The molecule has 0 aliphatic heterocycles. The molecule has 0 atom stereocenters. The molecule has 1 aromatic heterocycles. The van der Waals surface area contributed by atoms with E-state index in [1.807, 2.05) is 25.3 Å². The van der Waals surface area contributed by atoms with Crippen LogP contribution in [0.5, 0.6) is 0 Å². The molecular weight excluding hydrogens is 262 g/mol. The SMILES string of the molecule is CC(=O)Nc1ccsc1CNCCNC(=O)C(C)C. The lowest BCUT2D eigenvalue weighted by atomic mass is 10.2. The molecule has 0 unspecified atom stereocenters. The second-order valence-electron chi connectivity index (χ2n) is 4.56. The molecule has 0 saturated heterocycles. The van der Waals surface area contributed by atoms with E-state index >= 15 is 0 Å². The van der Waals surface area contributed by atoms with E-state index in [9.17, 15) is 9.59 Å². The number of anilines is 1. The number of carbonyl (C=O) groups excluding carboxylic acids is 2. The van der Waals surface area contributed by atoms with Gasteiger partial charge in [-0.25, -0.2) is 0 Å². The predicted molar refractivity (Wildman–Crippen MR) is 78.2 cm³/mol. The van der Waals surface area contributed by atoms with E-state index in [0.717, 1.165) is 10.6 Å². The molecule has 0 aliphatic carbocycles. The molecule has 0 fully saturated rings. The Morgan fingerprint density at radius 2 is 2.05 bits per heavy atom. The Balaban J connectivity index is 2.24. The molecule has 3 N–H and O–H groups in total. The molecule has 1 rings (SSSR count). The van der Waals surface area contributed by atoms with Crippen LogP contribution in [0.4, 0.5) is 5.69 Å². The van der Waals surface area contributed by atoms with Crippen molar-refractivity contribution in [3.8, 4) is 0 Å². The fourth-order valence-electron chi connectivity index (χ4n) is 1.46. The molecule has 0 aliphatic rings. The highest BCUT2D eigenvalue weighted by molar-refractivity contribution is 7.10. The summed E-state index contributed by atoms with van der Waals surface area (Å²) in [7, 11) is 0. The maximum atomic E-state index is 11.3. The lowest BCUT2D eigenvalue weighted by Crippen LogP contribution is -2.34. The van der Waals surface area contributed by atoms with E-state index < -0.39 is 0 Å². The number of hydrogen-bond donors (Lipinski definition) is 3. The second-order valence-corrected chi connectivity index (χ2v) is 5.56. The Morgan fingerprint density at radius 3 is 2.68 bits per heavy atom. The number of hydrogen-bond acceptors (Lipinski definition) is 4. The van der Waals surface area contributed by atoms with E-state index in [-0.39, 0.29) is 17.7 Å². The first-order valence-electron chi connectivity index (χ1n) is 6.33. The van der Waals surface area contributed by atoms with Gasteiger partial charge in [-0.05, 0) is 11.4 Å². The van der Waals surface area contributed by atoms with Crippen LogP contribution >= 0.6 is 11.3 Å². The summed E-state index contributed by atoms with van der Waals surface area (Å²) >= 11 is 1.60. The first-order chi connectivity index (χ1) is 9.00. The van der Waals surface area contributed by atoms with Gasteiger partial charge in [0.1, 0.15) is 0 Å². The maximum absolute atomic E-state index is 11.3. The van der Waals surface area contributed by atoms with Gasteiger partial charge < -0.3 is 16.0 Å². The Kier molecular flexibility index (Phi) is 6.52. The largest absolute Gasteiger partial charge is 0.355 e. The standard InChI is InChI=1S/C13H21N3O2S/c1-9(2)13(18)15-6-5-14-8-12-11(4-7-19-12)16-10(3)17/h4,7,9,14H,5-6,8H2,1-3H3,(H,15,18)(H,16,17). The van der Waals surface area contributed by atoms with Crippen molar-refractivity contribution in [1.29, 1.82) is 0 Å². The van der Waals surface area contributed by atoms with Gasteiger partial charge in [0.25, 0.3) is 0 Å². The molecule has 0 radical (unpaired) electrons. The highest BCUT2D eigenvalue weighted by atomic mass is 32.1. The van der Waals surface area contributed by atoms with E-state index in [1.165, 1.54) is 6.92 Å². The van der Waals surface area contributed by atoms with Crippen LogP contribution in [0.25, 0.3) is 0 Å². The summed E-state index contributed by atoms with van der Waals surface area (Å²) in [5.74, 6) is 0.0179. The maximum Gasteiger partial charge on any atom is 0.222 e. The second kappa shape index (κ2) is 7.91. The third-order valence-corrected chi connectivity index (χ3v) is 3.39. The first kappa shape index (κ1) is 15.7. The Morgan fingerprint density at radius 1 is 1.32 bits per heavy atom. The van der Waals surface area contributed by atoms with Gasteiger partial charge in [0, 0.05) is 37.4 Å². The molecule has 0 aromatic carbocycles. The van der Waals surface area contributed by atoms with Crippen molar-refractivity contribution in [1.82, 2.24) is 10.6 Å². The summed E-state index contributed by atoms with van der Waals surface area (Å²) in [6.07, 6.45) is 0. The minimum atomic E-state index is -0.0659. The summed E-state index contributed by atoms with van der Waals surface area (Å²) < 4.78 is 0. The molecular formula is C13H21N3O2S. The van der Waals surface area contributed by atoms with Crippen LogP contribution in [0.3, 0.4) is 0 Å². The molecule has 19 heavy (non-hydrogen) atoms. The Hall–Kier alpha value is -1.40. The van der Waals surface area contributed by atoms with E-state index in [0.29, 0.717) is 19.6 Å². The third-order valence-electron chi connectivity index (χ3n) is 2.47. The van der Waals surface area contributed by atoms with Crippen molar-refractivity contribution in [2.24, 2.45) is 5.92 Å². The van der Waals surface area contributed by atoms with Gasteiger partial charge in [-0.1, -0.05) is 13.8 Å². The van der Waals surface area contributed by atoms with Gasteiger partial charge in [0.2, 0.25) is 11.8 Å². The minimum Gasteiger partial charge on any atom is -0.355 e. The van der Waals surface area contributed by atoms with Crippen LogP contribution in [0, 0.1) is 5.92 Å². The lowest BCUT2D eigenvalue weighted by Gasteiger charge is -2.09. The van der Waals surface area contributed by atoms with Crippen molar-refractivity contribution < 1.29 is 9.59 Å². The number of rotatable bonds is 7. The van der Waals surface area contributed by atoms with Gasteiger partial charge >= 0.3 is 0 Å². The zero-order chi connectivity index (χ0) is 14.3. The summed E-state index contributed by atoms with van der Waals surface area (Å²) in [5.41, 5.74) is 0.858. The van der Waals surface area contributed by atoms with Crippen LogP contribution < -0.4 is 16.0 Å². The smallest absolute Gasteiger partial charge is 0.222 e. The molecule has 2 amide bonds. The monoisotopic (exact) mass is 283 g/mol. The van der Waals surface area contributed by atoms with Gasteiger partial charge in [0.05, 0.1) is 5.69 Å². The molecule has 1 aromatic rings. The molecule has 1 heterocycles. The van der Waals surface area contributed by atoms with Crippen molar-refractivity contribution in [3.63, 3.8) is 0 Å². The summed E-state index contributed by atoms with van der Waals surface area (Å²) in [6, 6.07) is 1.89. The van der Waals surface area contributed by atoms with Crippen molar-refractivity contribution in [2.75, 3.05) is 18.4 Å². The Bertz CT molecular complexity index is 429. The van der Waals surface area contributed by atoms with Crippen molar-refractivity contribution in [2.45, 2.75) is 27.3 Å². The molecule has 0 saturated carbocycles. The van der Waals surface area contributed by atoms with E-state index in [1.54, 1.807) is 11.3 Å². The predicted octanol–water partition coefficient (Wildman–Crippen LogP) is 1.57. The summed E-state index contributed by atoms with van der Waals surface area (Å²) in [5, 5.41) is 10.8. The van der Waals surface area contributed by atoms with Gasteiger partial charge in [-0.3, -0.25) is 9.59 Å². The molecule has 0 bridgehead atoms. The Labute approximate surface area is 117 Å². The number of amides is 2. The molecule has 106 valence electrons. The molecule has 6 heteroatoms. The topological polar surface area (TPSA) is 70.2 Å². The van der Waals surface area contributed by atoms with Crippen LogP contribution in [-0.2, 0) is 16.1 Å². The fourth-order valence-corrected chi connectivity index (χ4v) is 2.26. The first-order valence-corrected chi connectivity index (χ1v) is 7.21. The zero-order valence-corrected chi connectivity index (χ0v) is 12.4. The van der Waals surface area contributed by atoms with Gasteiger partial charge in [0.15, 0.2) is 0 Å². The van der Waals surface area contributed by atoms with E-state index in [2.05, 4.69) is 16.0 Å². The van der Waals surface area contributed by atoms with Crippen LogP contribution in [-0.4, -0.2) is 24.9 Å². The van der Waals surface area contributed by atoms with Crippen LogP contribution in [0.2, 0.25) is 0 Å². The minimum absolute atomic E-state index is 0.0173. The summed E-state index contributed by atoms with van der Waals surface area (Å²) in [6.45, 7) is 7.23. The van der Waals surface area contributed by atoms with Crippen molar-refractivity contribution in [3.05, 3.63) is 16.3 Å². The van der Waals surface area contributed by atoms with Crippen molar-refractivity contribution >= 4 is 28.8 Å². The highest BCUT2D eigenvalue weighted by Gasteiger charge is 2.06. The quantitative estimate of drug-likeness (QED) is 0.665. The average molecular weight is 283 g/mol. The van der Waals surface area contributed by atoms with Gasteiger partial charge in [-0.15, -0.1) is 11.3 Å². The number of carbonyl (C=O) groups is 2. The number of nitrogens with one attached hydrogen (secondary N) is 3. The molecule has 5 nitrogen and oxygen atoms in total. The average Bonchev–Trinajstić information content (AvgIpc) is 2.75.